The van der Waals surface area contributed by atoms with Crippen LogP contribution in [0.5, 0.6) is 11.5 Å². The minimum atomic E-state index is -3.71. The minimum absolute atomic E-state index is 0.134. The summed E-state index contributed by atoms with van der Waals surface area (Å²) in [5, 5.41) is 3.82. The first-order valence-electron chi connectivity index (χ1n) is 7.66. The second kappa shape index (κ2) is 8.87. The molecule has 0 radical (unpaired) electrons. The van der Waals surface area contributed by atoms with Crippen molar-refractivity contribution in [3.05, 3.63) is 52.5 Å². The van der Waals surface area contributed by atoms with E-state index in [1.54, 1.807) is 30.3 Å². The van der Waals surface area contributed by atoms with Crippen LogP contribution >= 0.6 is 15.9 Å². The molecule has 0 atom stereocenters. The molecule has 0 aliphatic rings. The summed E-state index contributed by atoms with van der Waals surface area (Å²) in [6, 6.07) is 11.6. The highest BCUT2D eigenvalue weighted by molar-refractivity contribution is 9.10. The molecule has 0 bridgehead atoms. The molecule has 2 aromatic carbocycles. The van der Waals surface area contributed by atoms with Crippen molar-refractivity contribution in [1.82, 2.24) is 4.83 Å². The number of sulfonamides is 1. The van der Waals surface area contributed by atoms with E-state index in [9.17, 15) is 8.42 Å². The molecule has 25 heavy (non-hydrogen) atoms. The number of rotatable bonds is 8. The van der Waals surface area contributed by atoms with Crippen LogP contribution in [-0.4, -0.2) is 27.8 Å². The van der Waals surface area contributed by atoms with Crippen molar-refractivity contribution in [2.75, 3.05) is 13.2 Å². The molecule has 2 aromatic rings. The van der Waals surface area contributed by atoms with Crippen molar-refractivity contribution < 1.29 is 17.9 Å². The largest absolute Gasteiger partial charge is 0.490 e. The molecule has 0 spiro atoms. The Balaban J connectivity index is 2.13. The molecule has 0 saturated carbocycles. The third-order valence-electron chi connectivity index (χ3n) is 3.08. The summed E-state index contributed by atoms with van der Waals surface area (Å²) in [5.74, 6) is 1.22. The molecule has 6 nitrogen and oxygen atoms in total. The Morgan fingerprint density at radius 3 is 2.32 bits per heavy atom. The van der Waals surface area contributed by atoms with E-state index in [1.807, 2.05) is 13.8 Å². The Labute approximate surface area is 156 Å². The number of halogens is 1. The van der Waals surface area contributed by atoms with Crippen molar-refractivity contribution in [3.63, 3.8) is 0 Å². The lowest BCUT2D eigenvalue weighted by atomic mass is 10.2. The van der Waals surface area contributed by atoms with Crippen LogP contribution in [0, 0.1) is 0 Å². The average Bonchev–Trinajstić information content (AvgIpc) is 2.58. The van der Waals surface area contributed by atoms with Crippen LogP contribution < -0.4 is 14.3 Å². The van der Waals surface area contributed by atoms with E-state index in [4.69, 9.17) is 9.47 Å². The minimum Gasteiger partial charge on any atom is -0.490 e. The van der Waals surface area contributed by atoms with Crippen LogP contribution in [-0.2, 0) is 10.0 Å². The van der Waals surface area contributed by atoms with Gasteiger partial charge in [-0.25, -0.2) is 4.83 Å². The molecule has 0 aliphatic carbocycles. The van der Waals surface area contributed by atoms with Gasteiger partial charge in [0.25, 0.3) is 10.0 Å². The average molecular weight is 427 g/mol. The Hall–Kier alpha value is -2.06. The van der Waals surface area contributed by atoms with Crippen molar-refractivity contribution >= 4 is 32.2 Å². The van der Waals surface area contributed by atoms with Crippen molar-refractivity contribution in [2.24, 2.45) is 5.10 Å². The lowest BCUT2D eigenvalue weighted by Gasteiger charge is -2.11. The van der Waals surface area contributed by atoms with E-state index < -0.39 is 10.0 Å². The molecule has 2 rings (SSSR count). The lowest BCUT2D eigenvalue weighted by molar-refractivity contribution is 0.288. The number of hydrogen-bond donors (Lipinski definition) is 1. The number of nitrogens with zero attached hydrogens (tertiary/aromatic N) is 1. The van der Waals surface area contributed by atoms with Gasteiger partial charge >= 0.3 is 0 Å². The molecular weight excluding hydrogens is 408 g/mol. The van der Waals surface area contributed by atoms with E-state index in [-0.39, 0.29) is 4.90 Å². The maximum Gasteiger partial charge on any atom is 0.276 e. The summed E-state index contributed by atoms with van der Waals surface area (Å²) in [4.78, 5) is 2.32. The third-order valence-corrected chi connectivity index (χ3v) is 4.85. The van der Waals surface area contributed by atoms with Crippen LogP contribution in [0.3, 0.4) is 0 Å². The van der Waals surface area contributed by atoms with Crippen LogP contribution in [0.25, 0.3) is 0 Å². The van der Waals surface area contributed by atoms with Gasteiger partial charge in [-0.15, -0.1) is 0 Å². The van der Waals surface area contributed by atoms with Crippen LogP contribution in [0.1, 0.15) is 19.4 Å². The molecule has 0 fully saturated rings. The summed E-state index contributed by atoms with van der Waals surface area (Å²) < 4.78 is 36.1. The number of ether oxygens (including phenoxy) is 2. The second-order valence-electron chi connectivity index (χ2n) is 4.88. The van der Waals surface area contributed by atoms with Gasteiger partial charge in [0.1, 0.15) is 0 Å². The van der Waals surface area contributed by atoms with E-state index in [2.05, 4.69) is 25.9 Å². The van der Waals surface area contributed by atoms with Crippen molar-refractivity contribution in [3.8, 4) is 11.5 Å². The third kappa shape index (κ3) is 5.47. The first kappa shape index (κ1) is 19.3. The summed E-state index contributed by atoms with van der Waals surface area (Å²) in [6.07, 6.45) is 1.41. The fourth-order valence-corrected chi connectivity index (χ4v) is 3.04. The van der Waals surface area contributed by atoms with Crippen molar-refractivity contribution in [2.45, 2.75) is 18.7 Å². The van der Waals surface area contributed by atoms with Gasteiger partial charge in [0.15, 0.2) is 11.5 Å². The first-order chi connectivity index (χ1) is 12.0. The fraction of sp³-hybridized carbons (Fsp3) is 0.235. The van der Waals surface area contributed by atoms with Crippen molar-refractivity contribution in [1.29, 1.82) is 0 Å². The summed E-state index contributed by atoms with van der Waals surface area (Å²) >= 11 is 3.26. The van der Waals surface area contributed by atoms with Crippen LogP contribution in [0.15, 0.2) is 56.9 Å². The fourth-order valence-electron chi connectivity index (χ4n) is 1.98. The first-order valence-corrected chi connectivity index (χ1v) is 9.94. The summed E-state index contributed by atoms with van der Waals surface area (Å²) in [5.41, 5.74) is 0.686. The van der Waals surface area contributed by atoms with Gasteiger partial charge in [0.05, 0.1) is 24.3 Å². The van der Waals surface area contributed by atoms with Crippen LogP contribution in [0.2, 0.25) is 0 Å². The van der Waals surface area contributed by atoms with E-state index in [1.165, 1.54) is 18.3 Å². The van der Waals surface area contributed by atoms with Gasteiger partial charge in [0, 0.05) is 4.47 Å². The van der Waals surface area contributed by atoms with Gasteiger partial charge in [-0.1, -0.05) is 15.9 Å². The standard InChI is InChI=1S/C17H19BrN2O4S/c1-3-23-16-10-5-13(11-17(16)24-4-2)12-19-20-25(21,22)15-8-6-14(18)7-9-15/h5-12,20H,3-4H2,1-2H3/b19-12+. The molecule has 0 aromatic heterocycles. The zero-order valence-corrected chi connectivity index (χ0v) is 16.3. The normalized spacial score (nSPS) is 11.5. The molecule has 1 N–H and O–H groups in total. The highest BCUT2D eigenvalue weighted by Crippen LogP contribution is 2.28. The molecular formula is C17H19BrN2O4S. The second-order valence-corrected chi connectivity index (χ2v) is 7.46. The van der Waals surface area contributed by atoms with Gasteiger partial charge in [-0.3, -0.25) is 0 Å². The maximum absolute atomic E-state index is 12.2. The molecule has 0 amide bonds. The Kier molecular flexibility index (Phi) is 6.83. The number of nitrogens with one attached hydrogen (secondary N) is 1. The van der Waals surface area contributed by atoms with Gasteiger partial charge < -0.3 is 9.47 Å². The van der Waals surface area contributed by atoms with E-state index in [0.717, 1.165) is 4.47 Å². The highest BCUT2D eigenvalue weighted by atomic mass is 79.9. The smallest absolute Gasteiger partial charge is 0.276 e. The molecule has 134 valence electrons. The quantitative estimate of drug-likeness (QED) is 0.516. The van der Waals surface area contributed by atoms with Gasteiger partial charge in [0.2, 0.25) is 0 Å². The van der Waals surface area contributed by atoms with Gasteiger partial charge in [-0.2, -0.15) is 13.5 Å². The molecule has 0 saturated heterocycles. The van der Waals surface area contributed by atoms with Gasteiger partial charge in [-0.05, 0) is 61.9 Å². The van der Waals surface area contributed by atoms with E-state index >= 15 is 0 Å². The predicted octanol–water partition coefficient (Wildman–Crippen LogP) is 3.56. The Morgan fingerprint density at radius 1 is 1.04 bits per heavy atom. The van der Waals surface area contributed by atoms with E-state index in [0.29, 0.717) is 30.3 Å². The molecule has 0 aliphatic heterocycles. The number of hydrazone groups is 1. The molecule has 8 heteroatoms. The topological polar surface area (TPSA) is 77.0 Å². The molecule has 0 unspecified atom stereocenters. The maximum atomic E-state index is 12.2. The summed E-state index contributed by atoms with van der Waals surface area (Å²) in [6.45, 7) is 4.79. The predicted molar refractivity (Wildman–Crippen MR) is 101 cm³/mol. The Morgan fingerprint density at radius 2 is 1.68 bits per heavy atom. The summed E-state index contributed by atoms with van der Waals surface area (Å²) in [7, 11) is -3.71. The highest BCUT2D eigenvalue weighted by Gasteiger charge is 2.12. The SMILES string of the molecule is CCOc1ccc(/C=N/NS(=O)(=O)c2ccc(Br)cc2)cc1OCC. The zero-order chi connectivity index (χ0) is 18.3. The lowest BCUT2D eigenvalue weighted by Crippen LogP contribution is -2.18. The Bertz CT molecular complexity index is 836. The zero-order valence-electron chi connectivity index (χ0n) is 13.9. The van der Waals surface area contributed by atoms with Crippen LogP contribution in [0.4, 0.5) is 0 Å². The number of hydrogen-bond acceptors (Lipinski definition) is 5. The molecule has 0 heterocycles. The number of benzene rings is 2. The monoisotopic (exact) mass is 426 g/mol.